The predicted octanol–water partition coefficient (Wildman–Crippen LogP) is 4.35. The summed E-state index contributed by atoms with van der Waals surface area (Å²) in [6, 6.07) is 11.6. The van der Waals surface area contributed by atoms with E-state index in [1.165, 1.54) is 0 Å². The number of hydrogen-bond acceptors (Lipinski definition) is 5. The smallest absolute Gasteiger partial charge is 0.191 e. The van der Waals surface area contributed by atoms with Crippen LogP contribution < -0.4 is 5.32 Å². The molecule has 0 aliphatic rings. The van der Waals surface area contributed by atoms with Crippen molar-refractivity contribution in [1.29, 1.82) is 0 Å². The van der Waals surface area contributed by atoms with Crippen LogP contribution in [0.4, 0.5) is 5.69 Å². The lowest BCUT2D eigenvalue weighted by atomic mass is 10.2. The summed E-state index contributed by atoms with van der Waals surface area (Å²) >= 11 is 7.70. The monoisotopic (exact) mass is 341 g/mol. The van der Waals surface area contributed by atoms with Gasteiger partial charge in [0.05, 0.1) is 16.9 Å². The second-order valence-corrected chi connectivity index (χ2v) is 6.34. The van der Waals surface area contributed by atoms with E-state index in [-0.39, 0.29) is 0 Å². The van der Waals surface area contributed by atoms with E-state index in [1.807, 2.05) is 41.8 Å². The van der Waals surface area contributed by atoms with Crippen LogP contribution in [0.3, 0.4) is 0 Å². The molecule has 0 aliphatic carbocycles. The Balaban J connectivity index is 1.56. The summed E-state index contributed by atoms with van der Waals surface area (Å²) in [6.45, 7) is 0.546. The van der Waals surface area contributed by atoms with E-state index in [2.05, 4.69) is 25.5 Å². The molecule has 5 nitrogen and oxygen atoms in total. The number of halogens is 1. The normalized spacial score (nSPS) is 11.0. The highest BCUT2D eigenvalue weighted by molar-refractivity contribution is 7.13. The summed E-state index contributed by atoms with van der Waals surface area (Å²) in [4.78, 5) is 9.90. The zero-order chi connectivity index (χ0) is 15.6. The molecule has 0 aliphatic heterocycles. The summed E-state index contributed by atoms with van der Waals surface area (Å²) in [5.74, 6) is 1.50. The standard InChI is InChI=1S/C16H12ClN5S/c17-10-3-4-12-11(8-10)13(5-6-18-12)19-9-15-20-16(22-21-15)14-2-1-7-23-14/h1-8H,9H2,(H,18,19)(H,20,21,22). The topological polar surface area (TPSA) is 66.5 Å². The third kappa shape index (κ3) is 2.91. The van der Waals surface area contributed by atoms with Crippen molar-refractivity contribution in [2.75, 3.05) is 5.32 Å². The molecule has 2 N–H and O–H groups in total. The molecule has 0 bridgehead atoms. The second-order valence-electron chi connectivity index (χ2n) is 4.96. The highest BCUT2D eigenvalue weighted by Gasteiger charge is 2.08. The van der Waals surface area contributed by atoms with Gasteiger partial charge in [-0.3, -0.25) is 10.1 Å². The number of aromatic nitrogens is 4. The van der Waals surface area contributed by atoms with Gasteiger partial charge in [0.2, 0.25) is 0 Å². The fourth-order valence-corrected chi connectivity index (χ4v) is 3.17. The fourth-order valence-electron chi connectivity index (χ4n) is 2.34. The minimum atomic E-state index is 0.546. The van der Waals surface area contributed by atoms with Crippen molar-refractivity contribution in [3.05, 3.63) is 58.8 Å². The van der Waals surface area contributed by atoms with Gasteiger partial charge in [-0.2, -0.15) is 5.10 Å². The Kier molecular flexibility index (Phi) is 3.69. The molecule has 0 saturated carbocycles. The first-order chi connectivity index (χ1) is 11.3. The van der Waals surface area contributed by atoms with Gasteiger partial charge in [0.25, 0.3) is 0 Å². The maximum atomic E-state index is 6.09. The van der Waals surface area contributed by atoms with Gasteiger partial charge >= 0.3 is 0 Å². The summed E-state index contributed by atoms with van der Waals surface area (Å²) in [7, 11) is 0. The molecule has 114 valence electrons. The number of benzene rings is 1. The van der Waals surface area contributed by atoms with Crippen molar-refractivity contribution in [3.8, 4) is 10.7 Å². The van der Waals surface area contributed by atoms with Gasteiger partial charge in [0.1, 0.15) is 5.82 Å². The predicted molar refractivity (Wildman–Crippen MR) is 93.8 cm³/mol. The van der Waals surface area contributed by atoms with E-state index in [9.17, 15) is 0 Å². The molecule has 4 aromatic rings. The Hall–Kier alpha value is -2.44. The molecule has 23 heavy (non-hydrogen) atoms. The molecular weight excluding hydrogens is 330 g/mol. The van der Waals surface area contributed by atoms with Crippen molar-refractivity contribution in [1.82, 2.24) is 20.2 Å². The summed E-state index contributed by atoms with van der Waals surface area (Å²) in [5.41, 5.74) is 1.86. The van der Waals surface area contributed by atoms with Gasteiger partial charge < -0.3 is 5.32 Å². The number of hydrogen-bond donors (Lipinski definition) is 2. The van der Waals surface area contributed by atoms with Gasteiger partial charge in [-0.25, -0.2) is 4.98 Å². The van der Waals surface area contributed by atoms with Crippen molar-refractivity contribution < 1.29 is 0 Å². The summed E-state index contributed by atoms with van der Waals surface area (Å²) < 4.78 is 0. The molecule has 0 saturated heterocycles. The molecular formula is C16H12ClN5S. The van der Waals surface area contributed by atoms with Crippen LogP contribution in [0.25, 0.3) is 21.6 Å². The molecule has 7 heteroatoms. The first-order valence-electron chi connectivity index (χ1n) is 7.03. The lowest BCUT2D eigenvalue weighted by molar-refractivity contribution is 0.956. The molecule has 0 atom stereocenters. The highest BCUT2D eigenvalue weighted by Crippen LogP contribution is 2.25. The lowest BCUT2D eigenvalue weighted by Gasteiger charge is -2.08. The largest absolute Gasteiger partial charge is 0.377 e. The average molecular weight is 342 g/mol. The van der Waals surface area contributed by atoms with Crippen LogP contribution in [0.15, 0.2) is 48.0 Å². The molecule has 3 heterocycles. The van der Waals surface area contributed by atoms with E-state index in [4.69, 9.17) is 11.6 Å². The van der Waals surface area contributed by atoms with Crippen LogP contribution in [0.1, 0.15) is 5.82 Å². The average Bonchev–Trinajstić information content (AvgIpc) is 3.24. The van der Waals surface area contributed by atoms with Crippen LogP contribution in [0, 0.1) is 0 Å². The zero-order valence-corrected chi connectivity index (χ0v) is 13.5. The zero-order valence-electron chi connectivity index (χ0n) is 12.0. The van der Waals surface area contributed by atoms with Crippen LogP contribution in [0.5, 0.6) is 0 Å². The first-order valence-corrected chi connectivity index (χ1v) is 8.29. The van der Waals surface area contributed by atoms with Gasteiger partial charge in [-0.05, 0) is 35.7 Å². The maximum absolute atomic E-state index is 6.09. The molecule has 0 unspecified atom stereocenters. The minimum Gasteiger partial charge on any atom is -0.377 e. The van der Waals surface area contributed by atoms with E-state index in [0.29, 0.717) is 11.6 Å². The Labute approximate surface area is 141 Å². The molecule has 4 rings (SSSR count). The van der Waals surface area contributed by atoms with Crippen LogP contribution >= 0.6 is 22.9 Å². The third-order valence-electron chi connectivity index (χ3n) is 3.42. The number of pyridine rings is 1. The number of fused-ring (bicyclic) bond motifs is 1. The Morgan fingerprint density at radius 2 is 2.17 bits per heavy atom. The van der Waals surface area contributed by atoms with Crippen molar-refractivity contribution in [2.45, 2.75) is 6.54 Å². The van der Waals surface area contributed by atoms with E-state index >= 15 is 0 Å². The van der Waals surface area contributed by atoms with E-state index in [0.717, 1.165) is 33.1 Å². The first kappa shape index (κ1) is 14.2. The second kappa shape index (κ2) is 5.98. The van der Waals surface area contributed by atoms with Crippen molar-refractivity contribution in [3.63, 3.8) is 0 Å². The highest BCUT2D eigenvalue weighted by atomic mass is 35.5. The number of nitrogens with zero attached hydrogens (tertiary/aromatic N) is 3. The van der Waals surface area contributed by atoms with Crippen LogP contribution in [0.2, 0.25) is 5.02 Å². The van der Waals surface area contributed by atoms with Gasteiger partial charge in [-0.1, -0.05) is 17.7 Å². The number of nitrogens with one attached hydrogen (secondary N) is 2. The number of thiophene rings is 1. The molecule has 1 aromatic carbocycles. The molecule has 0 radical (unpaired) electrons. The molecule has 0 spiro atoms. The molecule has 3 aromatic heterocycles. The maximum Gasteiger partial charge on any atom is 0.191 e. The molecule has 0 fully saturated rings. The van der Waals surface area contributed by atoms with Gasteiger partial charge in [0.15, 0.2) is 5.82 Å². The van der Waals surface area contributed by atoms with E-state index in [1.54, 1.807) is 17.5 Å². The number of aromatic amines is 1. The lowest BCUT2D eigenvalue weighted by Crippen LogP contribution is -2.02. The van der Waals surface area contributed by atoms with Crippen LogP contribution in [-0.2, 0) is 6.54 Å². The van der Waals surface area contributed by atoms with Crippen LogP contribution in [-0.4, -0.2) is 20.2 Å². The van der Waals surface area contributed by atoms with Gasteiger partial charge in [0, 0.05) is 22.3 Å². The van der Waals surface area contributed by atoms with Crippen molar-refractivity contribution in [2.24, 2.45) is 0 Å². The quantitative estimate of drug-likeness (QED) is 0.579. The number of rotatable bonds is 4. The minimum absolute atomic E-state index is 0.546. The van der Waals surface area contributed by atoms with E-state index < -0.39 is 0 Å². The molecule has 0 amide bonds. The Morgan fingerprint density at radius 3 is 3.04 bits per heavy atom. The summed E-state index contributed by atoms with van der Waals surface area (Å²) in [6.07, 6.45) is 1.77. The fraction of sp³-hybridized carbons (Fsp3) is 0.0625. The SMILES string of the molecule is Clc1ccc2nccc(NCc3nc(-c4cccs4)n[nH]3)c2c1. The van der Waals surface area contributed by atoms with Crippen molar-refractivity contribution >= 4 is 39.5 Å². The third-order valence-corrected chi connectivity index (χ3v) is 4.52. The number of H-pyrrole nitrogens is 1. The van der Waals surface area contributed by atoms with Gasteiger partial charge in [-0.15, -0.1) is 11.3 Å². The number of anilines is 1. The summed E-state index contributed by atoms with van der Waals surface area (Å²) in [5, 5.41) is 14.3. The Bertz CT molecular complexity index is 948. The Morgan fingerprint density at radius 1 is 1.22 bits per heavy atom.